The quantitative estimate of drug-likeness (QED) is 0.752. The fourth-order valence-corrected chi connectivity index (χ4v) is 1.91. The van der Waals surface area contributed by atoms with Gasteiger partial charge in [-0.15, -0.1) is 0 Å². The van der Waals surface area contributed by atoms with E-state index in [1.165, 1.54) is 0 Å². The minimum atomic E-state index is 0.0128. The maximum Gasteiger partial charge on any atom is 0.157 e. The van der Waals surface area contributed by atoms with Crippen molar-refractivity contribution < 1.29 is 9.84 Å². The van der Waals surface area contributed by atoms with Crippen LogP contribution in [-0.4, -0.2) is 27.2 Å². The lowest BCUT2D eigenvalue weighted by Gasteiger charge is -1.99. The highest BCUT2D eigenvalue weighted by atomic mass is 16.5. The number of hydrogen-bond donors (Lipinski definition) is 2. The molecule has 1 aromatic carbocycles. The molecule has 19 heavy (non-hydrogen) atoms. The molecule has 2 N–H and O–H groups in total. The molecule has 5 nitrogen and oxygen atoms in total. The SMILES string of the molecule is COc1ccc(-c2nc3cc(CO)ccc3[nH]2)nc1. The van der Waals surface area contributed by atoms with Crippen molar-refractivity contribution in [3.63, 3.8) is 0 Å². The van der Waals surface area contributed by atoms with Crippen molar-refractivity contribution in [1.29, 1.82) is 0 Å². The first kappa shape index (κ1) is 11.7. The van der Waals surface area contributed by atoms with E-state index in [9.17, 15) is 0 Å². The number of H-pyrrole nitrogens is 1. The number of aromatic nitrogens is 3. The van der Waals surface area contributed by atoms with Crippen LogP contribution < -0.4 is 4.74 Å². The van der Waals surface area contributed by atoms with Gasteiger partial charge in [-0.05, 0) is 29.8 Å². The van der Waals surface area contributed by atoms with Gasteiger partial charge in [0.15, 0.2) is 5.82 Å². The lowest BCUT2D eigenvalue weighted by atomic mass is 10.2. The average Bonchev–Trinajstić information content (AvgIpc) is 2.90. The van der Waals surface area contributed by atoms with Gasteiger partial charge in [0.2, 0.25) is 0 Å². The molecule has 3 aromatic rings. The second-order valence-electron chi connectivity index (χ2n) is 4.18. The summed E-state index contributed by atoms with van der Waals surface area (Å²) in [5.74, 6) is 1.41. The third-order valence-corrected chi connectivity index (χ3v) is 2.94. The highest BCUT2D eigenvalue weighted by molar-refractivity contribution is 5.79. The number of hydrogen-bond acceptors (Lipinski definition) is 4. The standard InChI is InChI=1S/C14H13N3O2/c1-19-10-3-5-12(15-7-10)14-16-11-4-2-9(8-18)6-13(11)17-14/h2-7,18H,8H2,1H3,(H,16,17). The van der Waals surface area contributed by atoms with Crippen molar-refractivity contribution in [2.75, 3.05) is 7.11 Å². The number of nitrogens with one attached hydrogen (secondary N) is 1. The number of methoxy groups -OCH3 is 1. The van der Waals surface area contributed by atoms with Gasteiger partial charge in [0, 0.05) is 0 Å². The first-order chi connectivity index (χ1) is 9.30. The Bertz CT molecular complexity index is 704. The molecule has 3 rings (SSSR count). The lowest BCUT2D eigenvalue weighted by molar-refractivity contribution is 0.282. The Labute approximate surface area is 109 Å². The van der Waals surface area contributed by atoms with Crippen LogP contribution in [0, 0.1) is 0 Å². The first-order valence-electron chi connectivity index (χ1n) is 5.90. The summed E-state index contributed by atoms with van der Waals surface area (Å²) in [5.41, 5.74) is 3.33. The highest BCUT2D eigenvalue weighted by Gasteiger charge is 2.07. The normalized spacial score (nSPS) is 10.8. The van der Waals surface area contributed by atoms with Crippen LogP contribution >= 0.6 is 0 Å². The number of aliphatic hydroxyl groups excluding tert-OH is 1. The molecule has 2 heterocycles. The molecule has 0 aliphatic heterocycles. The molecule has 0 aliphatic carbocycles. The van der Waals surface area contributed by atoms with Gasteiger partial charge in [0.05, 0.1) is 30.9 Å². The third kappa shape index (κ3) is 2.15. The number of ether oxygens (including phenoxy) is 1. The van der Waals surface area contributed by atoms with E-state index in [4.69, 9.17) is 9.84 Å². The Morgan fingerprint density at radius 3 is 2.84 bits per heavy atom. The molecule has 0 radical (unpaired) electrons. The minimum absolute atomic E-state index is 0.0128. The Kier molecular flexibility index (Phi) is 2.89. The van der Waals surface area contributed by atoms with Gasteiger partial charge >= 0.3 is 0 Å². The zero-order valence-corrected chi connectivity index (χ0v) is 10.4. The number of imidazole rings is 1. The van der Waals surface area contributed by atoms with E-state index in [-0.39, 0.29) is 6.61 Å². The van der Waals surface area contributed by atoms with Crippen molar-refractivity contribution in [3.8, 4) is 17.3 Å². The zero-order valence-electron chi connectivity index (χ0n) is 10.4. The van der Waals surface area contributed by atoms with Crippen molar-refractivity contribution in [3.05, 3.63) is 42.1 Å². The van der Waals surface area contributed by atoms with Gasteiger partial charge in [-0.25, -0.2) is 9.97 Å². The van der Waals surface area contributed by atoms with Crippen LogP contribution in [0.4, 0.5) is 0 Å². The molecule has 0 spiro atoms. The van der Waals surface area contributed by atoms with E-state index >= 15 is 0 Å². The van der Waals surface area contributed by atoms with Crippen LogP contribution in [0.25, 0.3) is 22.6 Å². The molecule has 0 aliphatic rings. The fraction of sp³-hybridized carbons (Fsp3) is 0.143. The molecule has 0 bridgehead atoms. The molecule has 96 valence electrons. The van der Waals surface area contributed by atoms with Crippen LogP contribution in [0.15, 0.2) is 36.5 Å². The second kappa shape index (κ2) is 4.70. The summed E-state index contributed by atoms with van der Waals surface area (Å²) >= 11 is 0. The number of benzene rings is 1. The molecule has 0 amide bonds. The molecular weight excluding hydrogens is 242 g/mol. The summed E-state index contributed by atoms with van der Waals surface area (Å²) in [7, 11) is 1.61. The van der Waals surface area contributed by atoms with E-state index in [0.29, 0.717) is 11.6 Å². The summed E-state index contributed by atoms with van der Waals surface area (Å²) in [6.07, 6.45) is 1.65. The maximum absolute atomic E-state index is 9.11. The van der Waals surface area contributed by atoms with Gasteiger partial charge in [-0.1, -0.05) is 6.07 Å². The maximum atomic E-state index is 9.11. The average molecular weight is 255 g/mol. The number of aliphatic hydroxyl groups is 1. The zero-order chi connectivity index (χ0) is 13.2. The lowest BCUT2D eigenvalue weighted by Crippen LogP contribution is -1.87. The molecule has 0 atom stereocenters. The summed E-state index contributed by atoms with van der Waals surface area (Å²) in [6.45, 7) is 0.0128. The Hall–Kier alpha value is -2.40. The van der Waals surface area contributed by atoms with Gasteiger partial charge in [0.25, 0.3) is 0 Å². The van der Waals surface area contributed by atoms with Crippen molar-refractivity contribution in [1.82, 2.24) is 15.0 Å². The smallest absolute Gasteiger partial charge is 0.157 e. The van der Waals surface area contributed by atoms with Crippen molar-refractivity contribution in [2.24, 2.45) is 0 Å². The van der Waals surface area contributed by atoms with E-state index in [0.717, 1.165) is 22.3 Å². The van der Waals surface area contributed by atoms with Crippen LogP contribution in [-0.2, 0) is 6.61 Å². The monoisotopic (exact) mass is 255 g/mol. The second-order valence-corrected chi connectivity index (χ2v) is 4.18. The predicted octanol–water partition coefficient (Wildman–Crippen LogP) is 2.13. The largest absolute Gasteiger partial charge is 0.495 e. The van der Waals surface area contributed by atoms with E-state index < -0.39 is 0 Å². The van der Waals surface area contributed by atoms with Crippen LogP contribution in [0.2, 0.25) is 0 Å². The van der Waals surface area contributed by atoms with E-state index in [2.05, 4.69) is 15.0 Å². The van der Waals surface area contributed by atoms with E-state index in [1.807, 2.05) is 30.3 Å². The molecule has 0 fully saturated rings. The van der Waals surface area contributed by atoms with Crippen molar-refractivity contribution >= 4 is 11.0 Å². The van der Waals surface area contributed by atoms with Crippen LogP contribution in [0.1, 0.15) is 5.56 Å². The molecule has 0 unspecified atom stereocenters. The summed E-state index contributed by atoms with van der Waals surface area (Å²) in [5, 5.41) is 9.11. The van der Waals surface area contributed by atoms with Crippen LogP contribution in [0.3, 0.4) is 0 Å². The minimum Gasteiger partial charge on any atom is -0.495 e. The third-order valence-electron chi connectivity index (χ3n) is 2.94. The van der Waals surface area contributed by atoms with Gasteiger partial charge in [-0.2, -0.15) is 0 Å². The summed E-state index contributed by atoms with van der Waals surface area (Å²) in [4.78, 5) is 12.0. The molecule has 5 heteroatoms. The Balaban J connectivity index is 2.04. The number of rotatable bonds is 3. The number of pyridine rings is 1. The van der Waals surface area contributed by atoms with Crippen LogP contribution in [0.5, 0.6) is 5.75 Å². The Morgan fingerprint density at radius 2 is 2.16 bits per heavy atom. The predicted molar refractivity (Wildman–Crippen MR) is 71.8 cm³/mol. The first-order valence-corrected chi connectivity index (χ1v) is 5.90. The van der Waals surface area contributed by atoms with Crippen molar-refractivity contribution in [2.45, 2.75) is 6.61 Å². The number of nitrogens with zero attached hydrogens (tertiary/aromatic N) is 2. The van der Waals surface area contributed by atoms with Gasteiger partial charge < -0.3 is 14.8 Å². The highest BCUT2D eigenvalue weighted by Crippen LogP contribution is 2.21. The number of aromatic amines is 1. The molecule has 2 aromatic heterocycles. The molecule has 0 saturated heterocycles. The number of fused-ring (bicyclic) bond motifs is 1. The molecule has 0 saturated carbocycles. The summed E-state index contributed by atoms with van der Waals surface area (Å²) in [6, 6.07) is 9.32. The fourth-order valence-electron chi connectivity index (χ4n) is 1.91. The topological polar surface area (TPSA) is 71.0 Å². The Morgan fingerprint density at radius 1 is 1.26 bits per heavy atom. The van der Waals surface area contributed by atoms with Gasteiger partial charge in [-0.3, -0.25) is 0 Å². The molecular formula is C14H13N3O2. The van der Waals surface area contributed by atoms with E-state index in [1.54, 1.807) is 13.3 Å². The summed E-state index contributed by atoms with van der Waals surface area (Å²) < 4.78 is 5.07. The van der Waals surface area contributed by atoms with Gasteiger partial charge in [0.1, 0.15) is 11.4 Å².